The average Bonchev–Trinajstić information content (AvgIpc) is 3.14. The molecule has 9 heteroatoms. The summed E-state index contributed by atoms with van der Waals surface area (Å²) < 4.78 is 34.2. The number of anilines is 1. The number of carbonyl (C=O) groups is 1. The number of ether oxygens (including phenoxy) is 1. The summed E-state index contributed by atoms with van der Waals surface area (Å²) in [6.45, 7) is 2.76. The standard InChI is InChI=1S/C27H32N4O4S/c1-4-16-36(33,34)29-21-11-8-19(9-12-21)26-24(18-28)23-13-10-20(27(32)30(2)14-15-35-3)17-25(23)31(26)22-6-5-7-22/h8-13,17,22,29H,4-7,14-16H2,1-3H3. The number of nitrogens with zero attached hydrogens (tertiary/aromatic N) is 3. The second-order valence-electron chi connectivity index (χ2n) is 9.24. The molecule has 8 nitrogen and oxygen atoms in total. The molecule has 0 bridgehead atoms. The fourth-order valence-corrected chi connectivity index (χ4v) is 5.74. The Morgan fingerprint density at radius 3 is 2.53 bits per heavy atom. The van der Waals surface area contributed by atoms with E-state index >= 15 is 0 Å². The number of methoxy groups -OCH3 is 1. The zero-order chi connectivity index (χ0) is 25.9. The molecule has 0 aliphatic heterocycles. The van der Waals surface area contributed by atoms with Crippen molar-refractivity contribution in [1.29, 1.82) is 5.26 Å². The van der Waals surface area contributed by atoms with Crippen LogP contribution in [0.2, 0.25) is 0 Å². The van der Waals surface area contributed by atoms with Crippen molar-refractivity contribution in [3.63, 3.8) is 0 Å². The van der Waals surface area contributed by atoms with Gasteiger partial charge in [0.05, 0.1) is 29.1 Å². The second-order valence-corrected chi connectivity index (χ2v) is 11.1. The van der Waals surface area contributed by atoms with Crippen molar-refractivity contribution in [2.45, 2.75) is 38.6 Å². The second kappa shape index (κ2) is 10.7. The molecule has 1 aliphatic carbocycles. The van der Waals surface area contributed by atoms with E-state index in [2.05, 4.69) is 15.4 Å². The van der Waals surface area contributed by atoms with E-state index in [0.717, 1.165) is 41.4 Å². The van der Waals surface area contributed by atoms with Gasteiger partial charge in [-0.2, -0.15) is 5.26 Å². The van der Waals surface area contributed by atoms with Crippen LogP contribution in [-0.4, -0.2) is 56.9 Å². The van der Waals surface area contributed by atoms with Crippen LogP contribution >= 0.6 is 0 Å². The molecule has 1 amide bonds. The Kier molecular flexibility index (Phi) is 7.67. The molecule has 0 atom stereocenters. The molecule has 1 fully saturated rings. The summed E-state index contributed by atoms with van der Waals surface area (Å²) in [6.07, 6.45) is 3.65. The monoisotopic (exact) mass is 508 g/mol. The molecule has 1 aromatic heterocycles. The van der Waals surface area contributed by atoms with Crippen LogP contribution in [0.3, 0.4) is 0 Å². The molecule has 1 aliphatic rings. The molecule has 4 rings (SSSR count). The van der Waals surface area contributed by atoms with Gasteiger partial charge in [-0.3, -0.25) is 9.52 Å². The van der Waals surface area contributed by atoms with E-state index in [1.54, 1.807) is 37.3 Å². The maximum atomic E-state index is 13.0. The Bertz CT molecular complexity index is 1400. The summed E-state index contributed by atoms with van der Waals surface area (Å²) in [4.78, 5) is 14.7. The minimum atomic E-state index is -3.39. The van der Waals surface area contributed by atoms with Crippen LogP contribution in [-0.2, 0) is 14.8 Å². The number of hydrogen-bond acceptors (Lipinski definition) is 5. The van der Waals surface area contributed by atoms with Crippen LogP contribution < -0.4 is 4.72 Å². The average molecular weight is 509 g/mol. The number of aromatic nitrogens is 1. The summed E-state index contributed by atoms with van der Waals surface area (Å²) in [6, 6.07) is 15.3. The number of benzene rings is 2. The highest BCUT2D eigenvalue weighted by molar-refractivity contribution is 7.92. The van der Waals surface area contributed by atoms with Crippen molar-refractivity contribution < 1.29 is 17.9 Å². The summed E-state index contributed by atoms with van der Waals surface area (Å²) >= 11 is 0. The van der Waals surface area contributed by atoms with E-state index in [1.807, 2.05) is 31.2 Å². The largest absolute Gasteiger partial charge is 0.383 e. The number of fused-ring (bicyclic) bond motifs is 1. The van der Waals surface area contributed by atoms with Gasteiger partial charge in [-0.15, -0.1) is 0 Å². The molecule has 3 aromatic rings. The van der Waals surface area contributed by atoms with Crippen LogP contribution in [0.25, 0.3) is 22.2 Å². The highest BCUT2D eigenvalue weighted by Crippen LogP contribution is 2.43. The lowest BCUT2D eigenvalue weighted by Crippen LogP contribution is -2.29. The van der Waals surface area contributed by atoms with Gasteiger partial charge in [0.1, 0.15) is 6.07 Å². The molecular weight excluding hydrogens is 476 g/mol. The predicted molar refractivity (Wildman–Crippen MR) is 142 cm³/mol. The van der Waals surface area contributed by atoms with Gasteiger partial charge in [-0.25, -0.2) is 8.42 Å². The Labute approximate surface area is 212 Å². The van der Waals surface area contributed by atoms with Gasteiger partial charge < -0.3 is 14.2 Å². The van der Waals surface area contributed by atoms with Gasteiger partial charge in [0, 0.05) is 43.4 Å². The summed E-state index contributed by atoms with van der Waals surface area (Å²) in [7, 11) is -0.0356. The van der Waals surface area contributed by atoms with Crippen molar-refractivity contribution in [3.8, 4) is 17.3 Å². The van der Waals surface area contributed by atoms with Crippen LogP contribution in [0.5, 0.6) is 0 Å². The van der Waals surface area contributed by atoms with Crippen molar-refractivity contribution in [2.75, 3.05) is 37.8 Å². The summed E-state index contributed by atoms with van der Waals surface area (Å²) in [5.74, 6) is -0.0376. The number of sulfonamides is 1. The maximum Gasteiger partial charge on any atom is 0.253 e. The minimum absolute atomic E-state index is 0.0605. The Morgan fingerprint density at radius 1 is 1.22 bits per heavy atom. The fourth-order valence-electron chi connectivity index (χ4n) is 4.61. The Hall–Kier alpha value is -3.35. The van der Waals surface area contributed by atoms with Crippen molar-refractivity contribution >= 4 is 32.5 Å². The number of nitriles is 1. The number of rotatable bonds is 10. The number of carbonyl (C=O) groups excluding carboxylic acids is 1. The zero-order valence-corrected chi connectivity index (χ0v) is 21.8. The van der Waals surface area contributed by atoms with Crippen molar-refractivity contribution in [3.05, 3.63) is 53.6 Å². The quantitative estimate of drug-likeness (QED) is 0.425. The third-order valence-corrected chi connectivity index (χ3v) is 8.18. The Morgan fingerprint density at radius 2 is 1.94 bits per heavy atom. The first-order chi connectivity index (χ1) is 17.3. The predicted octanol–water partition coefficient (Wildman–Crippen LogP) is 4.78. The zero-order valence-electron chi connectivity index (χ0n) is 21.0. The summed E-state index contributed by atoms with van der Waals surface area (Å²) in [5, 5.41) is 11.0. The van der Waals surface area contributed by atoms with Crippen LogP contribution in [0.4, 0.5) is 5.69 Å². The maximum absolute atomic E-state index is 13.0. The number of nitrogens with one attached hydrogen (secondary N) is 1. The highest BCUT2D eigenvalue weighted by Gasteiger charge is 2.28. The van der Waals surface area contributed by atoms with Gasteiger partial charge in [0.15, 0.2) is 0 Å². The normalized spacial score (nSPS) is 13.8. The lowest BCUT2D eigenvalue weighted by atomic mass is 9.92. The molecule has 190 valence electrons. The van der Waals surface area contributed by atoms with Gasteiger partial charge in [0.2, 0.25) is 10.0 Å². The SMILES string of the molecule is CCCS(=O)(=O)Nc1ccc(-c2c(C#N)c3ccc(C(=O)N(C)CCOC)cc3n2C2CCC2)cc1. The third-order valence-electron chi connectivity index (χ3n) is 6.68. The Balaban J connectivity index is 1.79. The van der Waals surface area contributed by atoms with Gasteiger partial charge >= 0.3 is 0 Å². The van der Waals surface area contributed by atoms with Gasteiger partial charge in [-0.05, 0) is 55.5 Å². The van der Waals surface area contributed by atoms with Crippen LogP contribution in [0.15, 0.2) is 42.5 Å². The van der Waals surface area contributed by atoms with E-state index in [9.17, 15) is 18.5 Å². The number of hydrogen-bond donors (Lipinski definition) is 1. The van der Waals surface area contributed by atoms with Gasteiger partial charge in [0.25, 0.3) is 5.91 Å². The number of amides is 1. The van der Waals surface area contributed by atoms with Crippen molar-refractivity contribution in [1.82, 2.24) is 9.47 Å². The molecule has 0 spiro atoms. The molecule has 36 heavy (non-hydrogen) atoms. The molecule has 0 unspecified atom stereocenters. The first-order valence-electron chi connectivity index (χ1n) is 12.2. The molecule has 2 aromatic carbocycles. The first kappa shape index (κ1) is 25.7. The third kappa shape index (κ3) is 5.11. The van der Waals surface area contributed by atoms with E-state index in [0.29, 0.717) is 36.4 Å². The molecule has 0 saturated heterocycles. The molecule has 1 N–H and O–H groups in total. The summed E-state index contributed by atoms with van der Waals surface area (Å²) in [5.41, 5.74) is 4.11. The van der Waals surface area contributed by atoms with E-state index in [1.165, 1.54) is 0 Å². The minimum Gasteiger partial charge on any atom is -0.383 e. The first-order valence-corrected chi connectivity index (χ1v) is 13.9. The lowest BCUT2D eigenvalue weighted by molar-refractivity contribution is 0.0744. The van der Waals surface area contributed by atoms with E-state index in [-0.39, 0.29) is 17.7 Å². The van der Waals surface area contributed by atoms with E-state index in [4.69, 9.17) is 4.74 Å². The number of likely N-dealkylation sites (N-methyl/N-ethyl adjacent to an activating group) is 1. The van der Waals surface area contributed by atoms with Crippen LogP contribution in [0.1, 0.15) is 54.6 Å². The molecule has 1 heterocycles. The fraction of sp³-hybridized carbons (Fsp3) is 0.407. The molecular formula is C27H32N4O4S. The lowest BCUT2D eigenvalue weighted by Gasteiger charge is -2.30. The smallest absolute Gasteiger partial charge is 0.253 e. The van der Waals surface area contributed by atoms with Gasteiger partial charge in [-0.1, -0.05) is 25.1 Å². The topological polar surface area (TPSA) is 104 Å². The van der Waals surface area contributed by atoms with Crippen molar-refractivity contribution in [2.24, 2.45) is 0 Å². The van der Waals surface area contributed by atoms with Crippen LogP contribution in [0, 0.1) is 11.3 Å². The molecule has 0 radical (unpaired) electrons. The van der Waals surface area contributed by atoms with E-state index < -0.39 is 10.0 Å². The molecule has 1 saturated carbocycles. The highest BCUT2D eigenvalue weighted by atomic mass is 32.2.